The average molecular weight is 378 g/mol. The van der Waals surface area contributed by atoms with E-state index in [2.05, 4.69) is 10.0 Å². The van der Waals surface area contributed by atoms with Crippen molar-refractivity contribution < 1.29 is 22.7 Å². The van der Waals surface area contributed by atoms with Crippen molar-refractivity contribution in [2.45, 2.75) is 11.8 Å². The Labute approximate surface area is 153 Å². The molecular formula is C18H22N2O5S. The normalized spacial score (nSPS) is 11.0. The molecule has 0 unspecified atom stereocenters. The minimum atomic E-state index is -3.63. The molecule has 26 heavy (non-hydrogen) atoms. The lowest BCUT2D eigenvalue weighted by Crippen LogP contribution is -2.34. The minimum absolute atomic E-state index is 0.0805. The fourth-order valence-corrected chi connectivity index (χ4v) is 3.20. The van der Waals surface area contributed by atoms with Crippen LogP contribution in [0.15, 0.2) is 53.4 Å². The highest BCUT2D eigenvalue weighted by Gasteiger charge is 2.13. The fraction of sp³-hybridized carbons (Fsp3) is 0.278. The third kappa shape index (κ3) is 5.47. The number of carbonyl (C=O) groups is 1. The van der Waals surface area contributed by atoms with Gasteiger partial charge in [0.1, 0.15) is 11.5 Å². The number of sulfonamides is 1. The first-order valence-electron chi connectivity index (χ1n) is 8.11. The lowest BCUT2D eigenvalue weighted by atomic mass is 10.2. The Morgan fingerprint density at radius 2 is 1.58 bits per heavy atom. The highest BCUT2D eigenvalue weighted by molar-refractivity contribution is 7.89. The van der Waals surface area contributed by atoms with E-state index >= 15 is 0 Å². The molecule has 0 aromatic heterocycles. The van der Waals surface area contributed by atoms with Crippen LogP contribution in [-0.2, 0) is 10.0 Å². The quantitative estimate of drug-likeness (QED) is 0.649. The summed E-state index contributed by atoms with van der Waals surface area (Å²) < 4.78 is 37.1. The number of ether oxygens (including phenoxy) is 2. The summed E-state index contributed by atoms with van der Waals surface area (Å²) in [5.41, 5.74) is 0.478. The van der Waals surface area contributed by atoms with E-state index in [1.807, 2.05) is 6.92 Å². The van der Waals surface area contributed by atoms with Gasteiger partial charge < -0.3 is 14.8 Å². The largest absolute Gasteiger partial charge is 0.497 e. The Morgan fingerprint density at radius 3 is 2.15 bits per heavy atom. The van der Waals surface area contributed by atoms with Crippen LogP contribution in [0.5, 0.6) is 11.5 Å². The molecule has 0 aliphatic rings. The van der Waals surface area contributed by atoms with Crippen molar-refractivity contribution in [1.82, 2.24) is 10.0 Å². The van der Waals surface area contributed by atoms with Crippen LogP contribution in [0.4, 0.5) is 0 Å². The molecule has 0 atom stereocenters. The molecule has 0 radical (unpaired) electrons. The first-order chi connectivity index (χ1) is 12.5. The van der Waals surface area contributed by atoms with Crippen LogP contribution in [-0.4, -0.2) is 41.1 Å². The SMILES string of the molecule is CCOc1ccc(C(=O)NCCNS(=O)(=O)c2ccc(OC)cc2)cc1. The van der Waals surface area contributed by atoms with E-state index in [0.29, 0.717) is 23.7 Å². The average Bonchev–Trinajstić information content (AvgIpc) is 2.66. The Bertz CT molecular complexity index is 818. The van der Waals surface area contributed by atoms with E-state index in [0.717, 1.165) is 0 Å². The van der Waals surface area contributed by atoms with Gasteiger partial charge in [0.25, 0.3) is 5.91 Å². The van der Waals surface area contributed by atoms with Crippen LogP contribution < -0.4 is 19.5 Å². The molecule has 7 nitrogen and oxygen atoms in total. The van der Waals surface area contributed by atoms with Gasteiger partial charge in [0.2, 0.25) is 10.0 Å². The second-order valence-electron chi connectivity index (χ2n) is 5.29. The smallest absolute Gasteiger partial charge is 0.251 e. The molecule has 0 heterocycles. The topological polar surface area (TPSA) is 93.7 Å². The third-order valence-electron chi connectivity index (χ3n) is 3.50. The summed E-state index contributed by atoms with van der Waals surface area (Å²) in [6.07, 6.45) is 0. The molecule has 2 N–H and O–H groups in total. The second-order valence-corrected chi connectivity index (χ2v) is 7.05. The standard InChI is InChI=1S/C18H22N2O5S/c1-3-25-16-6-4-14(5-7-16)18(21)19-12-13-20-26(22,23)17-10-8-15(24-2)9-11-17/h4-11,20H,3,12-13H2,1-2H3,(H,19,21). The number of amides is 1. The van der Waals surface area contributed by atoms with Crippen molar-refractivity contribution in [3.63, 3.8) is 0 Å². The van der Waals surface area contributed by atoms with Crippen molar-refractivity contribution in [2.24, 2.45) is 0 Å². The Kier molecular flexibility index (Phi) is 6.99. The zero-order chi connectivity index (χ0) is 19.0. The molecule has 8 heteroatoms. The molecule has 1 amide bonds. The maximum absolute atomic E-state index is 12.2. The molecule has 0 fully saturated rings. The van der Waals surface area contributed by atoms with Gasteiger partial charge >= 0.3 is 0 Å². The molecule has 2 aromatic carbocycles. The summed E-state index contributed by atoms with van der Waals surface area (Å²) in [6.45, 7) is 2.69. The van der Waals surface area contributed by atoms with Gasteiger partial charge in [-0.3, -0.25) is 4.79 Å². The zero-order valence-corrected chi connectivity index (χ0v) is 15.5. The van der Waals surface area contributed by atoms with E-state index in [1.165, 1.54) is 19.2 Å². The monoisotopic (exact) mass is 378 g/mol. The lowest BCUT2D eigenvalue weighted by molar-refractivity contribution is 0.0954. The van der Waals surface area contributed by atoms with Crippen LogP contribution in [0, 0.1) is 0 Å². The van der Waals surface area contributed by atoms with E-state index in [9.17, 15) is 13.2 Å². The molecule has 2 rings (SSSR count). The van der Waals surface area contributed by atoms with Crippen LogP contribution in [0.2, 0.25) is 0 Å². The number of hydrogen-bond donors (Lipinski definition) is 2. The summed E-state index contributed by atoms with van der Waals surface area (Å²) in [6, 6.07) is 12.8. The van der Waals surface area contributed by atoms with Gasteiger partial charge in [-0.05, 0) is 55.5 Å². The summed E-state index contributed by atoms with van der Waals surface area (Å²) in [5.74, 6) is 0.986. The maximum Gasteiger partial charge on any atom is 0.251 e. The van der Waals surface area contributed by atoms with Gasteiger partial charge in [0, 0.05) is 18.7 Å². The Morgan fingerprint density at radius 1 is 0.962 bits per heavy atom. The number of benzene rings is 2. The van der Waals surface area contributed by atoms with Crippen LogP contribution >= 0.6 is 0 Å². The van der Waals surface area contributed by atoms with Gasteiger partial charge in [0.15, 0.2) is 0 Å². The van der Waals surface area contributed by atoms with Crippen molar-refractivity contribution in [3.8, 4) is 11.5 Å². The Hall–Kier alpha value is -2.58. The predicted octanol–water partition coefficient (Wildman–Crippen LogP) is 1.80. The predicted molar refractivity (Wildman–Crippen MR) is 98.1 cm³/mol. The van der Waals surface area contributed by atoms with E-state index < -0.39 is 10.0 Å². The molecule has 140 valence electrons. The van der Waals surface area contributed by atoms with Gasteiger partial charge in [-0.1, -0.05) is 0 Å². The zero-order valence-electron chi connectivity index (χ0n) is 14.7. The molecule has 0 spiro atoms. The van der Waals surface area contributed by atoms with Crippen molar-refractivity contribution >= 4 is 15.9 Å². The second kappa shape index (κ2) is 9.21. The van der Waals surface area contributed by atoms with Gasteiger partial charge in [-0.15, -0.1) is 0 Å². The molecule has 0 aliphatic carbocycles. The van der Waals surface area contributed by atoms with Crippen LogP contribution in [0.3, 0.4) is 0 Å². The maximum atomic E-state index is 12.2. The van der Waals surface area contributed by atoms with Gasteiger partial charge in [-0.2, -0.15) is 0 Å². The molecule has 0 bridgehead atoms. The summed E-state index contributed by atoms with van der Waals surface area (Å²) in [5, 5.41) is 2.67. The van der Waals surface area contributed by atoms with Crippen molar-refractivity contribution in [1.29, 1.82) is 0 Å². The number of hydrogen-bond acceptors (Lipinski definition) is 5. The summed E-state index contributed by atoms with van der Waals surface area (Å²) >= 11 is 0. The molecule has 0 aliphatic heterocycles. The molecular weight excluding hydrogens is 356 g/mol. The highest BCUT2D eigenvalue weighted by Crippen LogP contribution is 2.15. The number of methoxy groups -OCH3 is 1. The van der Waals surface area contributed by atoms with Crippen molar-refractivity contribution in [3.05, 3.63) is 54.1 Å². The third-order valence-corrected chi connectivity index (χ3v) is 4.98. The minimum Gasteiger partial charge on any atom is -0.497 e. The lowest BCUT2D eigenvalue weighted by Gasteiger charge is -2.09. The first-order valence-corrected chi connectivity index (χ1v) is 9.59. The van der Waals surface area contributed by atoms with E-state index in [4.69, 9.17) is 9.47 Å². The number of rotatable bonds is 9. The molecule has 2 aromatic rings. The van der Waals surface area contributed by atoms with Crippen LogP contribution in [0.25, 0.3) is 0 Å². The summed E-state index contributed by atoms with van der Waals surface area (Å²) in [4.78, 5) is 12.2. The van der Waals surface area contributed by atoms with Gasteiger partial charge in [0.05, 0.1) is 18.6 Å². The first kappa shape index (κ1) is 19.7. The number of carbonyl (C=O) groups excluding carboxylic acids is 1. The summed E-state index contributed by atoms with van der Waals surface area (Å²) in [7, 11) is -2.12. The highest BCUT2D eigenvalue weighted by atomic mass is 32.2. The van der Waals surface area contributed by atoms with Crippen molar-refractivity contribution in [2.75, 3.05) is 26.8 Å². The molecule has 0 saturated carbocycles. The molecule has 0 saturated heterocycles. The fourth-order valence-electron chi connectivity index (χ4n) is 2.17. The Balaban J connectivity index is 1.82. The van der Waals surface area contributed by atoms with E-state index in [-0.39, 0.29) is 23.9 Å². The number of nitrogens with one attached hydrogen (secondary N) is 2. The van der Waals surface area contributed by atoms with Crippen LogP contribution in [0.1, 0.15) is 17.3 Å². The van der Waals surface area contributed by atoms with E-state index in [1.54, 1.807) is 36.4 Å². The van der Waals surface area contributed by atoms with Gasteiger partial charge in [-0.25, -0.2) is 13.1 Å².